The van der Waals surface area contributed by atoms with Gasteiger partial charge in [-0.15, -0.1) is 0 Å². The molecule has 7 rings (SSSR count). The van der Waals surface area contributed by atoms with Crippen molar-refractivity contribution in [1.29, 1.82) is 0 Å². The van der Waals surface area contributed by atoms with E-state index < -0.39 is 0 Å². The Bertz CT molecular complexity index is 1810. The number of imidazole rings is 1. The third-order valence-corrected chi connectivity index (χ3v) is 8.19. The number of rotatable bonds is 8. The van der Waals surface area contributed by atoms with Crippen molar-refractivity contribution in [3.05, 3.63) is 77.1 Å². The van der Waals surface area contributed by atoms with Crippen molar-refractivity contribution >= 4 is 39.6 Å². The van der Waals surface area contributed by atoms with E-state index >= 15 is 0 Å². The van der Waals surface area contributed by atoms with Crippen LogP contribution in [0, 0.1) is 13.8 Å². The fourth-order valence-corrected chi connectivity index (χ4v) is 5.81. The predicted molar refractivity (Wildman–Crippen MR) is 158 cm³/mol. The Balaban J connectivity index is 1.08. The molecule has 0 atom stereocenters. The lowest BCUT2D eigenvalue weighted by Crippen LogP contribution is -2.24. The molecular weight excluding hydrogens is 516 g/mol. The Morgan fingerprint density at radius 3 is 2.78 bits per heavy atom. The molecule has 5 heterocycles. The number of nitrogens with one attached hydrogen (secondary N) is 1. The molecule has 0 unspecified atom stereocenters. The average Bonchev–Trinajstić information content (AvgIpc) is 3.60. The van der Waals surface area contributed by atoms with Crippen molar-refractivity contribution in [3.63, 3.8) is 0 Å². The van der Waals surface area contributed by atoms with Crippen LogP contribution in [-0.2, 0) is 17.9 Å². The van der Waals surface area contributed by atoms with Gasteiger partial charge >= 0.3 is 0 Å². The zero-order valence-corrected chi connectivity index (χ0v) is 23.2. The molecule has 1 amide bonds. The number of pyridine rings is 2. The van der Waals surface area contributed by atoms with Crippen molar-refractivity contribution in [2.45, 2.75) is 58.6 Å². The smallest absolute Gasteiger partial charge is 0.227 e. The van der Waals surface area contributed by atoms with E-state index in [2.05, 4.69) is 52.4 Å². The summed E-state index contributed by atoms with van der Waals surface area (Å²) in [6.45, 7) is 5.77. The van der Waals surface area contributed by atoms with Crippen LogP contribution in [0.3, 0.4) is 0 Å². The third-order valence-electron chi connectivity index (χ3n) is 8.19. The zero-order valence-electron chi connectivity index (χ0n) is 23.2. The highest BCUT2D eigenvalue weighted by molar-refractivity contribution is 5.98. The summed E-state index contributed by atoms with van der Waals surface area (Å²) in [6.07, 6.45) is 11.2. The molecule has 41 heavy (non-hydrogen) atoms. The lowest BCUT2D eigenvalue weighted by atomic mass is 9.96. The zero-order chi connectivity index (χ0) is 28.1. The molecule has 1 aromatic carbocycles. The van der Waals surface area contributed by atoms with Crippen LogP contribution in [0.2, 0.25) is 0 Å². The molecule has 1 saturated heterocycles. The van der Waals surface area contributed by atoms with E-state index in [9.17, 15) is 4.79 Å². The van der Waals surface area contributed by atoms with Crippen molar-refractivity contribution in [2.24, 2.45) is 0 Å². The fraction of sp³-hybridized carbons (Fsp3) is 0.323. The number of nitrogen functional groups attached to an aromatic ring is 1. The Labute approximate surface area is 237 Å². The van der Waals surface area contributed by atoms with E-state index in [1.165, 1.54) is 35.9 Å². The lowest BCUT2D eigenvalue weighted by molar-refractivity contribution is -0.117. The van der Waals surface area contributed by atoms with Gasteiger partial charge in [-0.25, -0.2) is 19.9 Å². The normalized spacial score (nSPS) is 15.3. The number of hydrogen-bond acceptors (Lipinski definition) is 8. The van der Waals surface area contributed by atoms with Gasteiger partial charge in [0, 0.05) is 49.6 Å². The number of nitrogens with two attached hydrogens (primary N) is 1. The molecule has 5 aromatic rings. The number of ether oxygens (including phenoxy) is 1. The number of amides is 1. The van der Waals surface area contributed by atoms with Crippen LogP contribution in [0.1, 0.15) is 59.5 Å². The van der Waals surface area contributed by atoms with E-state index in [0.29, 0.717) is 36.4 Å². The number of fused-ring (bicyclic) bond motifs is 2. The number of nitrogens with zero attached hydrogens (tertiary/aromatic N) is 6. The quantitative estimate of drug-likeness (QED) is 0.276. The summed E-state index contributed by atoms with van der Waals surface area (Å²) in [5.41, 5.74) is 13.3. The van der Waals surface area contributed by atoms with Crippen molar-refractivity contribution in [2.75, 3.05) is 22.5 Å². The molecule has 2 fully saturated rings. The fourth-order valence-electron chi connectivity index (χ4n) is 5.81. The molecule has 0 bridgehead atoms. The van der Waals surface area contributed by atoms with Gasteiger partial charge in [0.15, 0.2) is 5.65 Å². The second-order valence-electron chi connectivity index (χ2n) is 11.0. The lowest BCUT2D eigenvalue weighted by Gasteiger charge is -2.17. The molecule has 4 aromatic heterocycles. The van der Waals surface area contributed by atoms with Gasteiger partial charge in [-0.3, -0.25) is 4.79 Å². The highest BCUT2D eigenvalue weighted by Crippen LogP contribution is 2.42. The second-order valence-corrected chi connectivity index (χ2v) is 11.0. The summed E-state index contributed by atoms with van der Waals surface area (Å²) < 4.78 is 8.08. The van der Waals surface area contributed by atoms with Gasteiger partial charge in [0.25, 0.3) is 0 Å². The number of anilines is 3. The van der Waals surface area contributed by atoms with E-state index in [1.54, 1.807) is 12.3 Å². The summed E-state index contributed by atoms with van der Waals surface area (Å²) in [4.78, 5) is 32.2. The van der Waals surface area contributed by atoms with Gasteiger partial charge in [0.05, 0.1) is 11.4 Å². The number of carbonyl (C=O) groups excluding carboxylic acids is 1. The van der Waals surface area contributed by atoms with Crippen LogP contribution >= 0.6 is 0 Å². The topological polar surface area (TPSA) is 124 Å². The standard InChI is InChI=1S/C31H32N8O2/c1-18-10-24-23(7-8-33-30(24)32)19(2)25(18)13-34-27-12-28(36-17-35-27)41-16-22-15-38-14-21(20-5-6-20)11-26(31(38)37-22)39-9-3-4-29(39)40/h7-8,10-12,14-15,17,20H,3-6,9,13,16H2,1-2H3,(H2,32,33)(H,34,35,36). The molecule has 1 aliphatic heterocycles. The van der Waals surface area contributed by atoms with Gasteiger partial charge < -0.3 is 25.1 Å². The van der Waals surface area contributed by atoms with Gasteiger partial charge in [-0.2, -0.15) is 0 Å². The monoisotopic (exact) mass is 548 g/mol. The Morgan fingerprint density at radius 2 is 1.98 bits per heavy atom. The summed E-state index contributed by atoms with van der Waals surface area (Å²) in [6, 6.07) is 8.03. The molecule has 1 aliphatic carbocycles. The van der Waals surface area contributed by atoms with Crippen LogP contribution in [0.15, 0.2) is 49.2 Å². The van der Waals surface area contributed by atoms with Crippen molar-refractivity contribution in [3.8, 4) is 5.88 Å². The van der Waals surface area contributed by atoms with Crippen LogP contribution in [0.4, 0.5) is 17.3 Å². The number of aromatic nitrogens is 5. The number of aryl methyl sites for hydroxylation is 2. The molecule has 10 heteroatoms. The molecule has 10 nitrogen and oxygen atoms in total. The maximum Gasteiger partial charge on any atom is 0.227 e. The number of carbonyl (C=O) groups is 1. The van der Waals surface area contributed by atoms with E-state index in [1.807, 2.05) is 21.6 Å². The number of benzene rings is 1. The van der Waals surface area contributed by atoms with Gasteiger partial charge in [-0.1, -0.05) is 0 Å². The first-order valence-corrected chi connectivity index (χ1v) is 14.1. The first-order chi connectivity index (χ1) is 19.9. The van der Waals surface area contributed by atoms with Crippen LogP contribution < -0.4 is 20.7 Å². The van der Waals surface area contributed by atoms with E-state index in [0.717, 1.165) is 46.3 Å². The molecule has 3 N–H and O–H groups in total. The summed E-state index contributed by atoms with van der Waals surface area (Å²) in [5.74, 6) is 2.40. The van der Waals surface area contributed by atoms with Crippen LogP contribution in [0.5, 0.6) is 5.88 Å². The molecular formula is C31H32N8O2. The first-order valence-electron chi connectivity index (χ1n) is 14.1. The highest BCUT2D eigenvalue weighted by Gasteiger charge is 2.29. The average molecular weight is 549 g/mol. The van der Waals surface area contributed by atoms with E-state index in [4.69, 9.17) is 15.5 Å². The van der Waals surface area contributed by atoms with Gasteiger partial charge in [0.2, 0.25) is 11.8 Å². The predicted octanol–water partition coefficient (Wildman–Crippen LogP) is 5.07. The SMILES string of the molecule is Cc1cc2c(N)nccc2c(C)c1CNc1cc(OCc2cn3cc(C4CC4)cc(N4CCCC4=O)c3n2)ncn1. The van der Waals surface area contributed by atoms with Crippen molar-refractivity contribution < 1.29 is 9.53 Å². The minimum Gasteiger partial charge on any atom is -0.471 e. The maximum absolute atomic E-state index is 12.6. The highest BCUT2D eigenvalue weighted by atomic mass is 16.5. The van der Waals surface area contributed by atoms with Crippen LogP contribution in [-0.4, -0.2) is 36.8 Å². The summed E-state index contributed by atoms with van der Waals surface area (Å²) in [5, 5.41) is 5.48. The molecule has 0 radical (unpaired) electrons. The maximum atomic E-state index is 12.6. The van der Waals surface area contributed by atoms with Gasteiger partial charge in [-0.05, 0) is 84.9 Å². The Morgan fingerprint density at radius 1 is 1.10 bits per heavy atom. The summed E-state index contributed by atoms with van der Waals surface area (Å²) >= 11 is 0. The molecule has 2 aliphatic rings. The second kappa shape index (κ2) is 10.0. The van der Waals surface area contributed by atoms with Crippen molar-refractivity contribution in [1.82, 2.24) is 24.3 Å². The van der Waals surface area contributed by atoms with Crippen LogP contribution in [0.25, 0.3) is 16.4 Å². The third kappa shape index (κ3) is 4.79. The van der Waals surface area contributed by atoms with Gasteiger partial charge in [0.1, 0.15) is 24.6 Å². The Kier molecular flexibility index (Phi) is 6.18. The minimum absolute atomic E-state index is 0.164. The molecule has 1 saturated carbocycles. The molecule has 208 valence electrons. The minimum atomic E-state index is 0.164. The molecule has 0 spiro atoms. The largest absolute Gasteiger partial charge is 0.471 e. The van der Waals surface area contributed by atoms with E-state index in [-0.39, 0.29) is 12.5 Å². The Hall–Kier alpha value is -4.73. The first kappa shape index (κ1) is 25.3. The summed E-state index contributed by atoms with van der Waals surface area (Å²) in [7, 11) is 0. The number of hydrogen-bond donors (Lipinski definition) is 2.